The van der Waals surface area contributed by atoms with Gasteiger partial charge in [0.1, 0.15) is 5.82 Å². The summed E-state index contributed by atoms with van der Waals surface area (Å²) in [6.45, 7) is 4.65. The van der Waals surface area contributed by atoms with Gasteiger partial charge in [0.2, 0.25) is 0 Å². The summed E-state index contributed by atoms with van der Waals surface area (Å²) in [5, 5.41) is 0. The first-order valence-electron chi connectivity index (χ1n) is 10.9. The maximum Gasteiger partial charge on any atom is 0.416 e. The molecule has 2 aromatic rings. The molecule has 8 heteroatoms. The second-order valence-electron chi connectivity index (χ2n) is 8.69. The summed E-state index contributed by atoms with van der Waals surface area (Å²) in [5.74, 6) is -1.59. The summed E-state index contributed by atoms with van der Waals surface area (Å²) in [6, 6.07) is 12.2. The molecule has 0 aromatic heterocycles. The van der Waals surface area contributed by atoms with Crippen molar-refractivity contribution in [2.45, 2.75) is 24.6 Å². The second kappa shape index (κ2) is 9.19. The summed E-state index contributed by atoms with van der Waals surface area (Å²) in [7, 11) is 2.10. The van der Waals surface area contributed by atoms with Crippen LogP contribution in [0, 0.1) is 5.82 Å². The van der Waals surface area contributed by atoms with E-state index in [4.69, 9.17) is 0 Å². The molecule has 2 fully saturated rings. The molecule has 2 unspecified atom stereocenters. The van der Waals surface area contributed by atoms with E-state index in [0.717, 1.165) is 50.3 Å². The molecule has 32 heavy (non-hydrogen) atoms. The van der Waals surface area contributed by atoms with E-state index in [9.17, 15) is 22.4 Å². The smallest absolute Gasteiger partial charge is 0.338 e. The molecular formula is C24H27F4N3O. The van der Waals surface area contributed by atoms with Crippen LogP contribution in [0.15, 0.2) is 48.5 Å². The summed E-state index contributed by atoms with van der Waals surface area (Å²) in [6.07, 6.45) is -3.99. The summed E-state index contributed by atoms with van der Waals surface area (Å²) in [5.41, 5.74) is -0.306. The van der Waals surface area contributed by atoms with Crippen molar-refractivity contribution < 1.29 is 22.4 Å². The predicted molar refractivity (Wildman–Crippen MR) is 114 cm³/mol. The van der Waals surface area contributed by atoms with E-state index >= 15 is 0 Å². The number of nitrogens with zero attached hydrogens (tertiary/aromatic N) is 3. The van der Waals surface area contributed by atoms with Crippen LogP contribution in [-0.2, 0) is 6.18 Å². The fourth-order valence-electron chi connectivity index (χ4n) is 4.80. The van der Waals surface area contributed by atoms with Crippen molar-refractivity contribution >= 4 is 5.91 Å². The maximum absolute atomic E-state index is 13.9. The molecule has 2 aliphatic rings. The Morgan fingerprint density at radius 3 is 2.31 bits per heavy atom. The number of carbonyl (C=O) groups is 1. The number of piperazine rings is 1. The monoisotopic (exact) mass is 449 g/mol. The van der Waals surface area contributed by atoms with Gasteiger partial charge in [0.15, 0.2) is 0 Å². The van der Waals surface area contributed by atoms with Crippen molar-refractivity contribution in [1.29, 1.82) is 0 Å². The molecule has 0 N–H and O–H groups in total. The van der Waals surface area contributed by atoms with Gasteiger partial charge in [-0.3, -0.25) is 9.69 Å². The average molecular weight is 449 g/mol. The Hall–Kier alpha value is -2.45. The second-order valence-corrected chi connectivity index (χ2v) is 8.69. The van der Waals surface area contributed by atoms with Crippen LogP contribution in [0.1, 0.15) is 33.8 Å². The fourth-order valence-corrected chi connectivity index (χ4v) is 4.80. The minimum atomic E-state index is -4.71. The molecule has 4 rings (SSSR count). The summed E-state index contributed by atoms with van der Waals surface area (Å²) >= 11 is 0. The van der Waals surface area contributed by atoms with Crippen molar-refractivity contribution in [1.82, 2.24) is 14.7 Å². The van der Waals surface area contributed by atoms with Crippen molar-refractivity contribution in [3.63, 3.8) is 0 Å². The average Bonchev–Trinajstić information content (AvgIpc) is 2.78. The van der Waals surface area contributed by atoms with Crippen molar-refractivity contribution in [2.75, 3.05) is 46.3 Å². The lowest BCUT2D eigenvalue weighted by atomic mass is 9.84. The lowest BCUT2D eigenvalue weighted by Crippen LogP contribution is -2.56. The van der Waals surface area contributed by atoms with E-state index in [1.165, 1.54) is 0 Å². The van der Waals surface area contributed by atoms with Crippen molar-refractivity contribution in [3.05, 3.63) is 71.0 Å². The number of piperidine rings is 1. The Morgan fingerprint density at radius 2 is 1.66 bits per heavy atom. The highest BCUT2D eigenvalue weighted by Gasteiger charge is 2.38. The molecule has 1 amide bonds. The highest BCUT2D eigenvalue weighted by Crippen LogP contribution is 2.34. The van der Waals surface area contributed by atoms with Crippen LogP contribution in [0.3, 0.4) is 0 Å². The number of hydrogen-bond acceptors (Lipinski definition) is 3. The van der Waals surface area contributed by atoms with Crippen molar-refractivity contribution in [3.8, 4) is 0 Å². The zero-order valence-electron chi connectivity index (χ0n) is 18.0. The van der Waals surface area contributed by atoms with Gasteiger partial charge in [-0.15, -0.1) is 0 Å². The van der Waals surface area contributed by atoms with Crippen LogP contribution in [0.25, 0.3) is 0 Å². The Labute approximate surface area is 185 Å². The highest BCUT2D eigenvalue weighted by atomic mass is 19.4. The normalized spacial score (nSPS) is 23.3. The molecule has 0 aliphatic carbocycles. The van der Waals surface area contributed by atoms with Crippen LogP contribution >= 0.6 is 0 Å². The third kappa shape index (κ3) is 4.96. The maximum atomic E-state index is 13.9. The molecular weight excluding hydrogens is 422 g/mol. The number of alkyl halides is 3. The minimum Gasteiger partial charge on any atom is -0.338 e. The minimum absolute atomic E-state index is 0.0351. The summed E-state index contributed by atoms with van der Waals surface area (Å²) in [4.78, 5) is 19.4. The third-order valence-electron chi connectivity index (χ3n) is 6.57. The van der Waals surface area contributed by atoms with Gasteiger partial charge in [-0.1, -0.05) is 30.3 Å². The van der Waals surface area contributed by atoms with E-state index in [1.807, 2.05) is 30.3 Å². The molecule has 0 spiro atoms. The molecule has 172 valence electrons. The van der Waals surface area contributed by atoms with E-state index in [-0.39, 0.29) is 17.5 Å². The molecule has 4 nitrogen and oxygen atoms in total. The Bertz CT molecular complexity index is 942. The van der Waals surface area contributed by atoms with Crippen LogP contribution in [-0.4, -0.2) is 73.0 Å². The summed E-state index contributed by atoms with van der Waals surface area (Å²) < 4.78 is 53.2. The van der Waals surface area contributed by atoms with Crippen molar-refractivity contribution in [2.24, 2.45) is 0 Å². The zero-order valence-corrected chi connectivity index (χ0v) is 18.0. The van der Waals surface area contributed by atoms with Gasteiger partial charge in [-0.2, -0.15) is 13.2 Å². The Balaban J connectivity index is 1.58. The number of amides is 1. The molecule has 0 bridgehead atoms. The van der Waals surface area contributed by atoms with Gasteiger partial charge in [0.25, 0.3) is 5.91 Å². The number of halogens is 4. The first kappa shape index (κ1) is 22.7. The molecule has 2 aromatic carbocycles. The van der Waals surface area contributed by atoms with Gasteiger partial charge in [0, 0.05) is 56.8 Å². The zero-order chi connectivity index (χ0) is 22.9. The molecule has 0 radical (unpaired) electrons. The van der Waals surface area contributed by atoms with Gasteiger partial charge in [0.05, 0.1) is 5.56 Å². The van der Waals surface area contributed by atoms with Crippen LogP contribution in [0.4, 0.5) is 17.6 Å². The van der Waals surface area contributed by atoms with Gasteiger partial charge >= 0.3 is 6.18 Å². The van der Waals surface area contributed by atoms with Gasteiger partial charge in [-0.05, 0) is 37.2 Å². The first-order valence-corrected chi connectivity index (χ1v) is 10.9. The SMILES string of the molecule is CN1CCN(C2CCN(C(=O)c3cc(F)cc(C(F)(F)F)c3)CC2c2ccccc2)CC1. The fraction of sp³-hybridized carbons (Fsp3) is 0.458. The van der Waals surface area contributed by atoms with Crippen LogP contribution in [0.2, 0.25) is 0 Å². The van der Waals surface area contributed by atoms with Crippen LogP contribution in [0.5, 0.6) is 0 Å². The Kier molecular flexibility index (Phi) is 6.53. The van der Waals surface area contributed by atoms with E-state index in [2.05, 4.69) is 16.8 Å². The van der Waals surface area contributed by atoms with E-state index in [1.54, 1.807) is 4.90 Å². The third-order valence-corrected chi connectivity index (χ3v) is 6.57. The molecule has 0 saturated carbocycles. The molecule has 2 saturated heterocycles. The highest BCUT2D eigenvalue weighted by molar-refractivity contribution is 5.94. The molecule has 2 heterocycles. The van der Waals surface area contributed by atoms with E-state index in [0.29, 0.717) is 19.2 Å². The standard InChI is InChI=1S/C24H27F4N3O/c1-29-9-11-30(12-10-29)22-7-8-31(16-21(22)17-5-3-2-4-6-17)23(32)18-13-19(24(26,27)28)15-20(25)14-18/h2-6,13-15,21-22H,7-12,16H2,1H3. The largest absolute Gasteiger partial charge is 0.416 e. The lowest BCUT2D eigenvalue weighted by Gasteiger charge is -2.46. The lowest BCUT2D eigenvalue weighted by molar-refractivity contribution is -0.137. The molecule has 2 aliphatic heterocycles. The number of likely N-dealkylation sites (N-methyl/N-ethyl adjacent to an activating group) is 1. The quantitative estimate of drug-likeness (QED) is 0.661. The van der Waals surface area contributed by atoms with Crippen LogP contribution < -0.4 is 0 Å². The van der Waals surface area contributed by atoms with Gasteiger partial charge in [-0.25, -0.2) is 4.39 Å². The number of benzene rings is 2. The molecule has 2 atom stereocenters. The first-order chi connectivity index (χ1) is 15.2. The number of hydrogen-bond donors (Lipinski definition) is 0. The number of carbonyl (C=O) groups excluding carboxylic acids is 1. The number of rotatable bonds is 3. The van der Waals surface area contributed by atoms with E-state index < -0.39 is 23.5 Å². The van der Waals surface area contributed by atoms with Gasteiger partial charge < -0.3 is 9.80 Å². The predicted octanol–water partition coefficient (Wildman–Crippen LogP) is 4.09. The number of likely N-dealkylation sites (tertiary alicyclic amines) is 1. The Morgan fingerprint density at radius 1 is 0.969 bits per heavy atom. The topological polar surface area (TPSA) is 26.8 Å².